The summed E-state index contributed by atoms with van der Waals surface area (Å²) in [4.78, 5) is 14.8. The van der Waals surface area contributed by atoms with Crippen LogP contribution in [0.5, 0.6) is 0 Å². The minimum atomic E-state index is -1.84. The molecule has 0 bridgehead atoms. The number of aliphatic hydroxyl groups excluding tert-OH is 10. The van der Waals surface area contributed by atoms with Crippen LogP contribution in [0.4, 0.5) is 0 Å². The van der Waals surface area contributed by atoms with Crippen molar-refractivity contribution < 1.29 is 84.3 Å². The van der Waals surface area contributed by atoms with Gasteiger partial charge < -0.3 is 79.5 Å². The van der Waals surface area contributed by atoms with E-state index in [1.54, 1.807) is 6.92 Å². The van der Waals surface area contributed by atoms with E-state index in [1.807, 2.05) is 0 Å². The smallest absolute Gasteiger partial charge is 0.315 e. The van der Waals surface area contributed by atoms with Crippen molar-refractivity contribution in [1.82, 2.24) is 0 Å². The SMILES string of the molecule is CC1=C[C@H]2C3=CC[C@@H]4[C@@]5(C)CC[C@H](O[C@@H]6O[C@@H](C)[C@H](O)[C@@H](O)[C@H]6O)C(C)(C)[C@@H]5CC[C@@]4(C)[C@]3(C)CC[C@@]2(C(=O)O[C@@H]2O[C@H](CO)[C@H](O[C@@H]3O[C@H](CO)[C@@H](O)[C@H](O)[C@H]3O)[C@H](O)[C@H]2O)CC1. The van der Waals surface area contributed by atoms with Crippen molar-refractivity contribution in [3.8, 4) is 0 Å². The Morgan fingerprint density at radius 2 is 1.31 bits per heavy atom. The van der Waals surface area contributed by atoms with Gasteiger partial charge >= 0.3 is 5.97 Å². The Morgan fingerprint density at radius 1 is 0.688 bits per heavy atom. The number of rotatable bonds is 8. The van der Waals surface area contributed by atoms with Gasteiger partial charge in [-0.3, -0.25) is 4.79 Å². The molecule has 8 rings (SSSR count). The van der Waals surface area contributed by atoms with Crippen LogP contribution in [-0.2, 0) is 33.2 Å². The maximum absolute atomic E-state index is 14.8. The standard InChI is InChI=1S/C47H74O17/c1-21-10-15-47(42(58)64-41-37(57)34(54)38(26(20-49)61-41)63-40-36(56)33(53)31(51)25(19-48)60-40)17-16-45(6)23(24(47)18-21)8-9-28-44(5)13-12-29(43(3,4)27(44)11-14-46(28,45)7)62-39-35(55)32(52)30(50)22(2)59-39/h8,18,22,24-41,48-57H,9-17,19-20H2,1-7H3/t22-,24-,25+,26+,27-,28+,29-,30-,31+,32+,33-,34+,35+,36+,37+,38-,39-,40-,41-,44-,45+,46+,47-/m0/s1. The molecule has 17 heteroatoms. The third-order valence-electron chi connectivity index (χ3n) is 18.6. The number of hydrogen-bond donors (Lipinski definition) is 10. The highest BCUT2D eigenvalue weighted by molar-refractivity contribution is 5.79. The molecule has 3 heterocycles. The number of carbonyl (C=O) groups is 1. The fourth-order valence-corrected chi connectivity index (χ4v) is 14.4. The Bertz CT molecular complexity index is 1790. The van der Waals surface area contributed by atoms with Gasteiger partial charge in [0.15, 0.2) is 12.6 Å². The summed E-state index contributed by atoms with van der Waals surface area (Å²) in [5.74, 6) is -0.274. The highest BCUT2D eigenvalue weighted by atomic mass is 16.8. The number of esters is 1. The second-order valence-corrected chi connectivity index (χ2v) is 22.0. The van der Waals surface area contributed by atoms with Gasteiger partial charge in [-0.05, 0) is 105 Å². The van der Waals surface area contributed by atoms with E-state index >= 15 is 0 Å². The van der Waals surface area contributed by atoms with Crippen LogP contribution in [0, 0.1) is 44.8 Å². The summed E-state index contributed by atoms with van der Waals surface area (Å²) in [5.41, 5.74) is 0.625. The summed E-state index contributed by atoms with van der Waals surface area (Å²) in [6.07, 6.45) is -11.0. The van der Waals surface area contributed by atoms with E-state index in [0.29, 0.717) is 31.6 Å². The number of carbonyl (C=O) groups excluding carboxylic acids is 1. The first-order chi connectivity index (χ1) is 30.0. The Morgan fingerprint density at radius 3 is 1.98 bits per heavy atom. The van der Waals surface area contributed by atoms with Crippen LogP contribution < -0.4 is 0 Å². The Balaban J connectivity index is 1.01. The molecule has 0 aromatic heterocycles. The normalized spacial score (nSPS) is 53.7. The second-order valence-electron chi connectivity index (χ2n) is 22.0. The maximum atomic E-state index is 14.8. The number of ether oxygens (including phenoxy) is 6. The zero-order valence-electron chi connectivity index (χ0n) is 38.2. The third-order valence-corrected chi connectivity index (χ3v) is 18.6. The van der Waals surface area contributed by atoms with E-state index in [4.69, 9.17) is 28.4 Å². The lowest BCUT2D eigenvalue weighted by Crippen LogP contribution is -2.66. The molecule has 0 radical (unpaired) electrons. The van der Waals surface area contributed by atoms with Gasteiger partial charge in [0.05, 0.1) is 30.8 Å². The second kappa shape index (κ2) is 17.4. The van der Waals surface area contributed by atoms with Crippen molar-refractivity contribution in [2.24, 2.45) is 44.8 Å². The summed E-state index contributed by atoms with van der Waals surface area (Å²) in [5, 5.41) is 105. The number of fused-ring (bicyclic) bond motifs is 7. The number of hydrogen-bond acceptors (Lipinski definition) is 17. The molecule has 0 amide bonds. The molecule has 0 unspecified atom stereocenters. The Labute approximate surface area is 375 Å². The van der Waals surface area contributed by atoms with Crippen LogP contribution in [0.3, 0.4) is 0 Å². The maximum Gasteiger partial charge on any atom is 0.315 e. The lowest BCUT2D eigenvalue weighted by atomic mass is 9.34. The van der Waals surface area contributed by atoms with Crippen molar-refractivity contribution in [2.45, 2.75) is 204 Å². The molecule has 8 aliphatic rings. The monoisotopic (exact) mass is 910 g/mol. The molecule has 3 saturated heterocycles. The van der Waals surface area contributed by atoms with Crippen molar-refractivity contribution >= 4 is 5.97 Å². The first kappa shape index (κ1) is 48.8. The third kappa shape index (κ3) is 7.41. The Kier molecular flexibility index (Phi) is 13.3. The quantitative estimate of drug-likeness (QED) is 0.0912. The molecule has 23 atom stereocenters. The van der Waals surface area contributed by atoms with Crippen molar-refractivity contribution in [3.63, 3.8) is 0 Å². The zero-order chi connectivity index (χ0) is 46.6. The minimum absolute atomic E-state index is 0.0643. The van der Waals surface area contributed by atoms with Gasteiger partial charge in [0.25, 0.3) is 0 Å². The van der Waals surface area contributed by atoms with Gasteiger partial charge in [-0.2, -0.15) is 0 Å². The van der Waals surface area contributed by atoms with Crippen molar-refractivity contribution in [3.05, 3.63) is 23.3 Å². The number of aliphatic hydroxyl groups is 10. The van der Waals surface area contributed by atoms with Gasteiger partial charge in [0, 0.05) is 5.92 Å². The molecule has 3 saturated carbocycles. The molecular weight excluding hydrogens is 837 g/mol. The van der Waals surface area contributed by atoms with Gasteiger partial charge in [0.2, 0.25) is 6.29 Å². The topological polar surface area (TPSA) is 275 Å². The molecule has 364 valence electrons. The van der Waals surface area contributed by atoms with Gasteiger partial charge in [-0.15, -0.1) is 0 Å². The minimum Gasteiger partial charge on any atom is -0.432 e. The van der Waals surface area contributed by atoms with Crippen LogP contribution in [0.15, 0.2) is 23.3 Å². The zero-order valence-corrected chi connectivity index (χ0v) is 38.2. The molecular formula is C47H74O17. The van der Waals surface area contributed by atoms with E-state index in [1.165, 1.54) is 11.1 Å². The van der Waals surface area contributed by atoms with E-state index in [-0.39, 0.29) is 39.6 Å². The fourth-order valence-electron chi connectivity index (χ4n) is 14.4. The predicted octanol–water partition coefficient (Wildman–Crippen LogP) is 0.698. The van der Waals surface area contributed by atoms with Crippen LogP contribution in [0.2, 0.25) is 0 Å². The van der Waals surface area contributed by atoms with Gasteiger partial charge in [0.1, 0.15) is 67.1 Å². The van der Waals surface area contributed by atoms with Crippen LogP contribution in [-0.4, -0.2) is 168 Å². The van der Waals surface area contributed by atoms with Gasteiger partial charge in [-0.25, -0.2) is 0 Å². The average Bonchev–Trinajstić information content (AvgIpc) is 3.25. The molecule has 64 heavy (non-hydrogen) atoms. The summed E-state index contributed by atoms with van der Waals surface area (Å²) in [7, 11) is 0. The molecule has 0 spiro atoms. The lowest BCUT2D eigenvalue weighted by molar-refractivity contribution is -0.356. The largest absolute Gasteiger partial charge is 0.432 e. The predicted molar refractivity (Wildman–Crippen MR) is 224 cm³/mol. The summed E-state index contributed by atoms with van der Waals surface area (Å²) < 4.78 is 35.6. The summed E-state index contributed by atoms with van der Waals surface area (Å²) >= 11 is 0. The highest BCUT2D eigenvalue weighted by Gasteiger charge is 2.69. The van der Waals surface area contributed by atoms with E-state index in [9.17, 15) is 55.9 Å². The molecule has 17 nitrogen and oxygen atoms in total. The first-order valence-electron chi connectivity index (χ1n) is 23.5. The molecule has 3 aliphatic heterocycles. The highest BCUT2D eigenvalue weighted by Crippen LogP contribution is 2.75. The fraction of sp³-hybridized carbons (Fsp3) is 0.894. The summed E-state index contributed by atoms with van der Waals surface area (Å²) in [6.45, 7) is 14.0. The van der Waals surface area contributed by atoms with E-state index in [0.717, 1.165) is 32.1 Å². The number of allylic oxidation sites excluding steroid dienone is 4. The lowest BCUT2D eigenvalue weighted by Gasteiger charge is -2.71. The molecule has 0 aromatic carbocycles. The van der Waals surface area contributed by atoms with Crippen LogP contribution in [0.25, 0.3) is 0 Å². The molecule has 0 aromatic rings. The molecule has 6 fully saturated rings. The van der Waals surface area contributed by atoms with E-state index in [2.05, 4.69) is 53.7 Å². The first-order valence-corrected chi connectivity index (χ1v) is 23.5. The Hall–Kier alpha value is -1.65. The molecule has 10 N–H and O–H groups in total. The summed E-state index contributed by atoms with van der Waals surface area (Å²) in [6, 6.07) is 0. The van der Waals surface area contributed by atoms with Crippen molar-refractivity contribution in [1.29, 1.82) is 0 Å². The molecule has 5 aliphatic carbocycles. The van der Waals surface area contributed by atoms with E-state index < -0.39 is 117 Å². The van der Waals surface area contributed by atoms with Crippen LogP contribution in [0.1, 0.15) is 106 Å². The van der Waals surface area contributed by atoms with Crippen molar-refractivity contribution in [2.75, 3.05) is 13.2 Å². The van der Waals surface area contributed by atoms with Gasteiger partial charge in [-0.1, -0.05) is 57.9 Å². The average molecular weight is 911 g/mol. The van der Waals surface area contributed by atoms with Crippen LogP contribution >= 0.6 is 0 Å².